The highest BCUT2D eigenvalue weighted by molar-refractivity contribution is 7.89. The van der Waals surface area contributed by atoms with Crippen LogP contribution in [-0.4, -0.2) is 32.7 Å². The normalized spacial score (nSPS) is 13.2. The Morgan fingerprint density at radius 3 is 2.37 bits per heavy atom. The first kappa shape index (κ1) is 15.9. The Morgan fingerprint density at radius 1 is 1.21 bits per heavy atom. The molecule has 1 rings (SSSR count). The summed E-state index contributed by atoms with van der Waals surface area (Å²) in [5, 5.41) is 12.6. The van der Waals surface area contributed by atoms with Crippen molar-refractivity contribution >= 4 is 15.7 Å². The lowest BCUT2D eigenvalue weighted by molar-refractivity contribution is 0.164. The summed E-state index contributed by atoms with van der Waals surface area (Å²) in [6, 6.07) is 6.58. The molecular weight excluding hydrogens is 264 g/mol. The Hall–Kier alpha value is -1.11. The smallest absolute Gasteiger partial charge is 0.240 e. The third-order valence-corrected chi connectivity index (χ3v) is 4.34. The SMILES string of the molecule is CCNS(=O)(=O)c1ccc(NCCC(O)CC)cc1. The molecule has 1 atom stereocenters. The molecule has 0 aromatic heterocycles. The summed E-state index contributed by atoms with van der Waals surface area (Å²) in [7, 11) is -3.38. The number of anilines is 1. The van der Waals surface area contributed by atoms with Crippen molar-refractivity contribution in [1.82, 2.24) is 4.72 Å². The molecule has 1 unspecified atom stereocenters. The van der Waals surface area contributed by atoms with E-state index in [-0.39, 0.29) is 11.0 Å². The van der Waals surface area contributed by atoms with Crippen molar-refractivity contribution in [3.63, 3.8) is 0 Å². The van der Waals surface area contributed by atoms with Crippen LogP contribution in [0.4, 0.5) is 5.69 Å². The molecule has 0 radical (unpaired) electrons. The summed E-state index contributed by atoms with van der Waals surface area (Å²) in [6.07, 6.45) is 1.12. The summed E-state index contributed by atoms with van der Waals surface area (Å²) in [5.41, 5.74) is 0.846. The molecule has 19 heavy (non-hydrogen) atoms. The second kappa shape index (κ2) is 7.47. The molecule has 6 heteroatoms. The fourth-order valence-electron chi connectivity index (χ4n) is 1.61. The third kappa shape index (κ3) is 5.18. The zero-order chi connectivity index (χ0) is 14.3. The first-order valence-electron chi connectivity index (χ1n) is 6.51. The predicted octanol–water partition coefficient (Wildman–Crippen LogP) is 1.56. The maximum Gasteiger partial charge on any atom is 0.240 e. The first-order valence-corrected chi connectivity index (χ1v) is 7.99. The zero-order valence-corrected chi connectivity index (χ0v) is 12.2. The number of hydrogen-bond acceptors (Lipinski definition) is 4. The highest BCUT2D eigenvalue weighted by atomic mass is 32.2. The Balaban J connectivity index is 2.57. The minimum absolute atomic E-state index is 0.258. The molecule has 0 bridgehead atoms. The highest BCUT2D eigenvalue weighted by Gasteiger charge is 2.11. The number of aliphatic hydroxyl groups is 1. The standard InChI is InChI=1S/C13H22N2O3S/c1-3-12(16)9-10-14-11-5-7-13(8-6-11)19(17,18)15-4-2/h5-8,12,14-16H,3-4,9-10H2,1-2H3. The first-order chi connectivity index (χ1) is 8.99. The molecule has 108 valence electrons. The average molecular weight is 286 g/mol. The van der Waals surface area contributed by atoms with E-state index in [1.165, 1.54) is 0 Å². The van der Waals surface area contributed by atoms with Crippen LogP contribution >= 0.6 is 0 Å². The summed E-state index contributed by atoms with van der Waals surface area (Å²) >= 11 is 0. The fourth-order valence-corrected chi connectivity index (χ4v) is 2.65. The molecule has 1 aromatic rings. The molecule has 5 nitrogen and oxygen atoms in total. The van der Waals surface area contributed by atoms with Gasteiger partial charge in [-0.15, -0.1) is 0 Å². The molecule has 0 aliphatic rings. The van der Waals surface area contributed by atoms with Gasteiger partial charge in [-0.25, -0.2) is 13.1 Å². The number of aliphatic hydroxyl groups excluding tert-OH is 1. The molecule has 0 amide bonds. The Labute approximate surface area is 115 Å². The number of nitrogens with one attached hydrogen (secondary N) is 2. The maximum atomic E-state index is 11.7. The number of benzene rings is 1. The van der Waals surface area contributed by atoms with Gasteiger partial charge in [0.2, 0.25) is 10.0 Å². The molecule has 0 aliphatic heterocycles. The molecule has 0 heterocycles. The van der Waals surface area contributed by atoms with E-state index in [1.807, 2.05) is 6.92 Å². The van der Waals surface area contributed by atoms with Crippen LogP contribution in [0.3, 0.4) is 0 Å². The van der Waals surface area contributed by atoms with Crippen molar-refractivity contribution in [2.24, 2.45) is 0 Å². The van der Waals surface area contributed by atoms with Gasteiger partial charge in [-0.1, -0.05) is 13.8 Å². The summed E-state index contributed by atoms with van der Waals surface area (Å²) in [6.45, 7) is 4.71. The van der Waals surface area contributed by atoms with Crippen LogP contribution in [0.5, 0.6) is 0 Å². The van der Waals surface area contributed by atoms with Crippen molar-refractivity contribution in [3.05, 3.63) is 24.3 Å². The van der Waals surface area contributed by atoms with E-state index < -0.39 is 10.0 Å². The molecule has 0 aliphatic carbocycles. The van der Waals surface area contributed by atoms with Crippen LogP contribution in [-0.2, 0) is 10.0 Å². The largest absolute Gasteiger partial charge is 0.393 e. The van der Waals surface area contributed by atoms with Gasteiger partial charge in [-0.3, -0.25) is 0 Å². The lowest BCUT2D eigenvalue weighted by Gasteiger charge is -2.10. The Morgan fingerprint density at radius 2 is 1.84 bits per heavy atom. The van der Waals surface area contributed by atoms with Crippen LogP contribution < -0.4 is 10.0 Å². The van der Waals surface area contributed by atoms with E-state index in [0.29, 0.717) is 19.5 Å². The minimum Gasteiger partial charge on any atom is -0.393 e. The van der Waals surface area contributed by atoms with E-state index in [9.17, 15) is 13.5 Å². The lowest BCUT2D eigenvalue weighted by Crippen LogP contribution is -2.23. The number of hydrogen-bond donors (Lipinski definition) is 3. The van der Waals surface area contributed by atoms with E-state index in [1.54, 1.807) is 31.2 Å². The second-order valence-corrected chi connectivity index (χ2v) is 6.07. The van der Waals surface area contributed by atoms with Crippen LogP contribution in [0.2, 0.25) is 0 Å². The lowest BCUT2D eigenvalue weighted by atomic mass is 10.2. The van der Waals surface area contributed by atoms with Crippen molar-refractivity contribution in [2.75, 3.05) is 18.4 Å². The van der Waals surface area contributed by atoms with Gasteiger partial charge in [-0.2, -0.15) is 0 Å². The van der Waals surface area contributed by atoms with E-state index >= 15 is 0 Å². The second-order valence-electron chi connectivity index (χ2n) is 4.30. The van der Waals surface area contributed by atoms with Gasteiger partial charge in [0.25, 0.3) is 0 Å². The molecule has 0 spiro atoms. The molecule has 1 aromatic carbocycles. The topological polar surface area (TPSA) is 78.4 Å². The molecule has 0 saturated heterocycles. The Bertz CT molecular complexity index is 471. The van der Waals surface area contributed by atoms with Gasteiger partial charge in [0.05, 0.1) is 11.0 Å². The average Bonchev–Trinajstić information content (AvgIpc) is 2.39. The number of rotatable bonds is 8. The minimum atomic E-state index is -3.38. The fraction of sp³-hybridized carbons (Fsp3) is 0.538. The van der Waals surface area contributed by atoms with Gasteiger partial charge in [0.15, 0.2) is 0 Å². The molecule has 0 saturated carbocycles. The van der Waals surface area contributed by atoms with Gasteiger partial charge in [0.1, 0.15) is 0 Å². The van der Waals surface area contributed by atoms with Crippen LogP contribution in [0.15, 0.2) is 29.2 Å². The van der Waals surface area contributed by atoms with Crippen molar-refractivity contribution in [3.8, 4) is 0 Å². The zero-order valence-electron chi connectivity index (χ0n) is 11.4. The van der Waals surface area contributed by atoms with Crippen LogP contribution in [0, 0.1) is 0 Å². The van der Waals surface area contributed by atoms with Crippen LogP contribution in [0.1, 0.15) is 26.7 Å². The van der Waals surface area contributed by atoms with Gasteiger partial charge >= 0.3 is 0 Å². The third-order valence-electron chi connectivity index (χ3n) is 2.78. The van der Waals surface area contributed by atoms with Crippen molar-refractivity contribution < 1.29 is 13.5 Å². The maximum absolute atomic E-state index is 11.7. The summed E-state index contributed by atoms with van der Waals surface area (Å²) in [5.74, 6) is 0. The Kier molecular flexibility index (Phi) is 6.27. The summed E-state index contributed by atoms with van der Waals surface area (Å²) in [4.78, 5) is 0.258. The van der Waals surface area contributed by atoms with Gasteiger partial charge in [0, 0.05) is 18.8 Å². The molecule has 0 fully saturated rings. The van der Waals surface area contributed by atoms with E-state index in [2.05, 4.69) is 10.0 Å². The van der Waals surface area contributed by atoms with E-state index in [4.69, 9.17) is 0 Å². The summed E-state index contributed by atoms with van der Waals surface area (Å²) < 4.78 is 25.9. The van der Waals surface area contributed by atoms with Gasteiger partial charge in [-0.05, 0) is 37.1 Å². The number of sulfonamides is 1. The van der Waals surface area contributed by atoms with Crippen molar-refractivity contribution in [1.29, 1.82) is 0 Å². The molecule has 3 N–H and O–H groups in total. The van der Waals surface area contributed by atoms with Gasteiger partial charge < -0.3 is 10.4 Å². The molecular formula is C13H22N2O3S. The highest BCUT2D eigenvalue weighted by Crippen LogP contribution is 2.14. The van der Waals surface area contributed by atoms with E-state index in [0.717, 1.165) is 12.1 Å². The van der Waals surface area contributed by atoms with Crippen LogP contribution in [0.25, 0.3) is 0 Å². The predicted molar refractivity (Wildman–Crippen MR) is 76.7 cm³/mol. The van der Waals surface area contributed by atoms with Crippen molar-refractivity contribution in [2.45, 2.75) is 37.7 Å². The quantitative estimate of drug-likeness (QED) is 0.677. The monoisotopic (exact) mass is 286 g/mol.